The van der Waals surface area contributed by atoms with Gasteiger partial charge in [-0.3, -0.25) is 0 Å². The molecule has 0 saturated carbocycles. The van der Waals surface area contributed by atoms with E-state index in [1.54, 1.807) is 22.5 Å². The van der Waals surface area contributed by atoms with Crippen LogP contribution in [0.4, 0.5) is 0 Å². The van der Waals surface area contributed by atoms with Crippen molar-refractivity contribution in [3.8, 4) is 0 Å². The second kappa shape index (κ2) is 6.45. The fraction of sp³-hybridized carbons (Fsp3) is 0.294. The molecule has 0 radical (unpaired) electrons. The zero-order valence-corrected chi connectivity index (χ0v) is 15.4. The minimum atomic E-state index is -3.67. The van der Waals surface area contributed by atoms with Crippen LogP contribution in [0.2, 0.25) is 0 Å². The maximum absolute atomic E-state index is 13.4. The van der Waals surface area contributed by atoms with Crippen molar-refractivity contribution in [1.82, 2.24) is 18.0 Å². The Morgan fingerprint density at radius 1 is 1.04 bits per heavy atom. The first-order chi connectivity index (χ1) is 12.1. The summed E-state index contributed by atoms with van der Waals surface area (Å²) in [5.74, 6) is 0. The number of piperazine rings is 1. The molecule has 1 fully saturated rings. The highest BCUT2D eigenvalue weighted by Crippen LogP contribution is 2.33. The first kappa shape index (κ1) is 16.6. The van der Waals surface area contributed by atoms with Gasteiger partial charge in [0, 0.05) is 19.6 Å². The summed E-state index contributed by atoms with van der Waals surface area (Å²) in [5, 5.41) is 0. The molecule has 0 bridgehead atoms. The highest BCUT2D eigenvalue weighted by atomic mass is 32.2. The lowest BCUT2D eigenvalue weighted by molar-refractivity contribution is 0.161. The Morgan fingerprint density at radius 3 is 2.64 bits per heavy atom. The first-order valence-electron chi connectivity index (χ1n) is 8.04. The van der Waals surface area contributed by atoms with E-state index < -0.39 is 10.0 Å². The minimum absolute atomic E-state index is 0.216. The van der Waals surface area contributed by atoms with Crippen molar-refractivity contribution in [3.05, 3.63) is 54.1 Å². The third kappa shape index (κ3) is 2.95. The van der Waals surface area contributed by atoms with Crippen LogP contribution in [0.15, 0.2) is 53.4 Å². The lowest BCUT2D eigenvalue weighted by Crippen LogP contribution is -2.49. The molecule has 1 saturated heterocycles. The summed E-state index contributed by atoms with van der Waals surface area (Å²) in [6.07, 6.45) is 0. The highest BCUT2D eigenvalue weighted by Gasteiger charge is 2.37. The van der Waals surface area contributed by atoms with E-state index in [1.165, 1.54) is 0 Å². The fourth-order valence-corrected chi connectivity index (χ4v) is 5.60. The molecule has 1 aliphatic heterocycles. The van der Waals surface area contributed by atoms with Crippen LogP contribution in [0.3, 0.4) is 0 Å². The molecule has 0 N–H and O–H groups in total. The van der Waals surface area contributed by atoms with Crippen molar-refractivity contribution < 1.29 is 8.42 Å². The van der Waals surface area contributed by atoms with Crippen LogP contribution in [0, 0.1) is 0 Å². The van der Waals surface area contributed by atoms with E-state index in [1.807, 2.05) is 37.4 Å². The molecule has 2 heterocycles. The van der Waals surface area contributed by atoms with E-state index in [0.717, 1.165) is 17.3 Å². The monoisotopic (exact) mass is 374 g/mol. The number of hydrogen-bond acceptors (Lipinski definition) is 6. The van der Waals surface area contributed by atoms with Gasteiger partial charge in [-0.1, -0.05) is 36.4 Å². The summed E-state index contributed by atoms with van der Waals surface area (Å²) >= 11 is 1.04. The van der Waals surface area contributed by atoms with E-state index >= 15 is 0 Å². The van der Waals surface area contributed by atoms with Gasteiger partial charge in [-0.25, -0.2) is 8.42 Å². The van der Waals surface area contributed by atoms with Crippen molar-refractivity contribution in [2.24, 2.45) is 0 Å². The van der Waals surface area contributed by atoms with Gasteiger partial charge in [-0.05, 0) is 24.7 Å². The van der Waals surface area contributed by atoms with E-state index in [-0.39, 0.29) is 10.9 Å². The van der Waals surface area contributed by atoms with Crippen molar-refractivity contribution >= 4 is 32.8 Å². The molecule has 4 rings (SSSR count). The molecule has 2 aromatic carbocycles. The summed E-state index contributed by atoms with van der Waals surface area (Å²) < 4.78 is 36.8. The molecule has 6 nitrogen and oxygen atoms in total. The summed E-state index contributed by atoms with van der Waals surface area (Å²) in [6, 6.07) is 14.7. The average Bonchev–Trinajstić information content (AvgIpc) is 3.10. The molecule has 130 valence electrons. The number of rotatable bonds is 3. The molecule has 1 aromatic heterocycles. The van der Waals surface area contributed by atoms with Crippen LogP contribution in [0.1, 0.15) is 11.6 Å². The van der Waals surface area contributed by atoms with Gasteiger partial charge in [0.1, 0.15) is 15.9 Å². The molecular formula is C17H18N4O2S2. The molecule has 25 heavy (non-hydrogen) atoms. The predicted molar refractivity (Wildman–Crippen MR) is 98.0 cm³/mol. The van der Waals surface area contributed by atoms with Crippen LogP contribution in [0.5, 0.6) is 0 Å². The third-order valence-electron chi connectivity index (χ3n) is 4.55. The van der Waals surface area contributed by atoms with Crippen molar-refractivity contribution in [3.63, 3.8) is 0 Å². The summed E-state index contributed by atoms with van der Waals surface area (Å²) in [6.45, 7) is 1.81. The van der Waals surface area contributed by atoms with Gasteiger partial charge >= 0.3 is 0 Å². The first-order valence-corrected chi connectivity index (χ1v) is 10.2. The van der Waals surface area contributed by atoms with Crippen molar-refractivity contribution in [1.29, 1.82) is 0 Å². The Kier molecular flexibility index (Phi) is 4.28. The molecule has 1 unspecified atom stereocenters. The summed E-state index contributed by atoms with van der Waals surface area (Å²) in [7, 11) is -1.65. The predicted octanol–water partition coefficient (Wildman–Crippen LogP) is 2.37. The zero-order chi connectivity index (χ0) is 17.4. The molecule has 3 aromatic rings. The van der Waals surface area contributed by atoms with E-state index in [2.05, 4.69) is 13.6 Å². The van der Waals surface area contributed by atoms with E-state index in [0.29, 0.717) is 30.7 Å². The van der Waals surface area contributed by atoms with E-state index in [9.17, 15) is 8.42 Å². The number of aromatic nitrogens is 2. The van der Waals surface area contributed by atoms with Crippen molar-refractivity contribution in [2.45, 2.75) is 10.9 Å². The quantitative estimate of drug-likeness (QED) is 0.704. The lowest BCUT2D eigenvalue weighted by atomic mass is 10.1. The Hall–Kier alpha value is -1.87. The van der Waals surface area contributed by atoms with Gasteiger partial charge < -0.3 is 4.90 Å². The molecule has 1 atom stereocenters. The minimum Gasteiger partial charge on any atom is -0.303 e. The number of hydrogen-bond donors (Lipinski definition) is 0. The number of sulfonamides is 1. The van der Waals surface area contributed by atoms with E-state index in [4.69, 9.17) is 0 Å². The molecule has 0 spiro atoms. The van der Waals surface area contributed by atoms with Crippen molar-refractivity contribution in [2.75, 3.05) is 26.7 Å². The van der Waals surface area contributed by atoms with Gasteiger partial charge in [0.05, 0.1) is 17.8 Å². The van der Waals surface area contributed by atoms with Gasteiger partial charge in [0.25, 0.3) is 0 Å². The second-order valence-corrected chi connectivity index (χ2v) is 8.58. The van der Waals surface area contributed by atoms with Gasteiger partial charge in [0.15, 0.2) is 0 Å². The molecule has 1 aliphatic rings. The van der Waals surface area contributed by atoms with Crippen LogP contribution < -0.4 is 0 Å². The fourth-order valence-electron chi connectivity index (χ4n) is 3.25. The highest BCUT2D eigenvalue weighted by molar-refractivity contribution is 7.89. The van der Waals surface area contributed by atoms with Crippen LogP contribution in [-0.2, 0) is 10.0 Å². The maximum atomic E-state index is 13.4. The molecule has 8 heteroatoms. The van der Waals surface area contributed by atoms with Crippen LogP contribution in [-0.4, -0.2) is 53.1 Å². The number of nitrogens with zero attached hydrogens (tertiary/aromatic N) is 4. The van der Waals surface area contributed by atoms with Gasteiger partial charge in [0.2, 0.25) is 10.0 Å². The molecule has 0 amide bonds. The maximum Gasteiger partial charge on any atom is 0.245 e. The van der Waals surface area contributed by atoms with Crippen LogP contribution in [0.25, 0.3) is 11.0 Å². The number of benzene rings is 2. The van der Waals surface area contributed by atoms with Gasteiger partial charge in [-0.15, -0.1) is 0 Å². The number of fused-ring (bicyclic) bond motifs is 1. The molecular weight excluding hydrogens is 356 g/mol. The Balaban J connectivity index is 1.81. The normalized spacial score (nSPS) is 20.1. The topological polar surface area (TPSA) is 66.4 Å². The smallest absolute Gasteiger partial charge is 0.245 e. The summed E-state index contributed by atoms with van der Waals surface area (Å²) in [4.78, 5) is 2.40. The van der Waals surface area contributed by atoms with Crippen LogP contribution >= 0.6 is 11.7 Å². The Bertz CT molecular complexity index is 988. The summed E-state index contributed by atoms with van der Waals surface area (Å²) in [5.41, 5.74) is 2.08. The SMILES string of the molecule is CN1CCN(S(=O)(=O)c2cccc3nsnc23)C(c2ccccc2)C1. The Morgan fingerprint density at radius 2 is 1.84 bits per heavy atom. The number of likely N-dealkylation sites (N-methyl/N-ethyl adjacent to an activating group) is 1. The third-order valence-corrected chi connectivity index (χ3v) is 7.04. The zero-order valence-electron chi connectivity index (χ0n) is 13.7. The molecule has 0 aliphatic carbocycles. The average molecular weight is 374 g/mol. The second-order valence-electron chi connectivity index (χ2n) is 6.19. The Labute approximate surface area is 151 Å². The standard InChI is InChI=1S/C17H18N4O2S2/c1-20-10-11-21(15(12-20)13-6-3-2-4-7-13)25(22,23)16-9-5-8-14-17(16)19-24-18-14/h2-9,15H,10-12H2,1H3. The van der Waals surface area contributed by atoms with Gasteiger partial charge in [-0.2, -0.15) is 13.1 Å². The lowest BCUT2D eigenvalue weighted by Gasteiger charge is -2.39. The largest absolute Gasteiger partial charge is 0.303 e.